The van der Waals surface area contributed by atoms with Gasteiger partial charge in [0.05, 0.1) is 0 Å². The van der Waals surface area contributed by atoms with Gasteiger partial charge in [0.15, 0.2) is 0 Å². The Balaban J connectivity index is 1.85. The van der Waals surface area contributed by atoms with Crippen molar-refractivity contribution < 1.29 is 24.3 Å². The van der Waals surface area contributed by atoms with Crippen LogP contribution < -0.4 is 15.7 Å². The molecular weight excluding hydrogens is 398 g/mol. The Labute approximate surface area is 173 Å². The fourth-order valence-corrected chi connectivity index (χ4v) is 2.57. The zero-order chi connectivity index (χ0) is 21.2. The highest BCUT2D eigenvalue weighted by atomic mass is 35.5. The van der Waals surface area contributed by atoms with E-state index in [9.17, 15) is 14.4 Å². The third-order valence-electron chi connectivity index (χ3n) is 4.13. The molecule has 29 heavy (non-hydrogen) atoms. The lowest BCUT2D eigenvalue weighted by atomic mass is 10.2. The van der Waals surface area contributed by atoms with Gasteiger partial charge in [0.25, 0.3) is 17.7 Å². The number of ether oxygens (including phenoxy) is 1. The van der Waals surface area contributed by atoms with Crippen LogP contribution in [-0.2, 0) is 14.3 Å². The van der Waals surface area contributed by atoms with E-state index in [2.05, 4.69) is 5.32 Å². The molecular formula is C20H22ClN3O5. The van der Waals surface area contributed by atoms with Crippen LogP contribution in [0.1, 0.15) is 16.8 Å². The van der Waals surface area contributed by atoms with Crippen LogP contribution in [0.15, 0.2) is 54.6 Å². The number of hydroxylamine groups is 1. The van der Waals surface area contributed by atoms with Crippen LogP contribution in [0.3, 0.4) is 0 Å². The normalized spacial score (nSPS) is 11.4. The molecule has 0 heterocycles. The number of hydrogen-bond acceptors (Lipinski definition) is 5. The Kier molecular flexibility index (Phi) is 8.60. The van der Waals surface area contributed by atoms with Gasteiger partial charge in [0.1, 0.15) is 12.7 Å². The van der Waals surface area contributed by atoms with Crippen molar-refractivity contribution in [3.63, 3.8) is 0 Å². The Morgan fingerprint density at radius 3 is 2.38 bits per heavy atom. The molecule has 0 aliphatic rings. The molecule has 0 fully saturated rings. The molecule has 0 aromatic heterocycles. The van der Waals surface area contributed by atoms with Gasteiger partial charge in [-0.3, -0.25) is 19.6 Å². The second kappa shape index (κ2) is 11.2. The molecule has 0 spiro atoms. The third kappa shape index (κ3) is 6.86. The maximum Gasteiger partial charge on any atom is 0.272 e. The first kappa shape index (κ1) is 22.4. The topological polar surface area (TPSA) is 108 Å². The van der Waals surface area contributed by atoms with Crippen molar-refractivity contribution in [2.24, 2.45) is 0 Å². The summed E-state index contributed by atoms with van der Waals surface area (Å²) >= 11 is 5.79. The number of anilines is 1. The number of hydrogen-bond donors (Lipinski definition) is 3. The van der Waals surface area contributed by atoms with E-state index in [1.54, 1.807) is 55.6 Å². The molecule has 0 saturated carbocycles. The van der Waals surface area contributed by atoms with E-state index >= 15 is 0 Å². The minimum atomic E-state index is -1.11. The van der Waals surface area contributed by atoms with Gasteiger partial charge in [-0.25, -0.2) is 5.48 Å². The zero-order valence-electron chi connectivity index (χ0n) is 15.8. The summed E-state index contributed by atoms with van der Waals surface area (Å²) in [6.45, 7) is -0.267. The molecule has 0 bridgehead atoms. The molecule has 3 N–H and O–H groups in total. The Bertz CT molecular complexity index is 830. The predicted molar refractivity (Wildman–Crippen MR) is 108 cm³/mol. The lowest BCUT2D eigenvalue weighted by Gasteiger charge is -2.20. The molecule has 2 aromatic rings. The molecule has 2 aromatic carbocycles. The van der Waals surface area contributed by atoms with Crippen LogP contribution in [0.4, 0.5) is 5.69 Å². The van der Waals surface area contributed by atoms with Crippen molar-refractivity contribution >= 4 is 35.0 Å². The Morgan fingerprint density at radius 2 is 1.76 bits per heavy atom. The maximum absolute atomic E-state index is 12.3. The second-order valence-corrected chi connectivity index (χ2v) is 6.55. The monoisotopic (exact) mass is 419 g/mol. The fraction of sp³-hybridized carbons (Fsp3) is 0.250. The molecule has 154 valence electrons. The molecule has 0 aliphatic carbocycles. The second-order valence-electron chi connectivity index (χ2n) is 6.12. The standard InChI is InChI=1S/C20H22ClN3O5/c1-24(16-5-3-2-4-6-16)18(25)13-29-17(20(27)23-28)11-12-22-19(26)14-7-9-15(21)10-8-14/h2-10,17,28H,11-13H2,1H3,(H,22,26)(H,23,27). The van der Waals surface area contributed by atoms with E-state index in [4.69, 9.17) is 21.5 Å². The minimum absolute atomic E-state index is 0.0635. The quantitative estimate of drug-likeness (QED) is 0.425. The summed E-state index contributed by atoms with van der Waals surface area (Å²) in [5.74, 6) is -1.51. The molecule has 0 saturated heterocycles. The van der Waals surface area contributed by atoms with Gasteiger partial charge in [0.2, 0.25) is 0 Å². The molecule has 1 unspecified atom stereocenters. The van der Waals surface area contributed by atoms with E-state index in [0.29, 0.717) is 16.3 Å². The van der Waals surface area contributed by atoms with Gasteiger partial charge < -0.3 is 15.0 Å². The number of carbonyl (C=O) groups is 3. The lowest BCUT2D eigenvalue weighted by Crippen LogP contribution is -2.40. The van der Waals surface area contributed by atoms with Crippen LogP contribution in [0.5, 0.6) is 0 Å². The summed E-state index contributed by atoms with van der Waals surface area (Å²) in [7, 11) is 1.59. The summed E-state index contributed by atoms with van der Waals surface area (Å²) in [6, 6.07) is 15.3. The first-order valence-electron chi connectivity index (χ1n) is 8.83. The molecule has 8 nitrogen and oxygen atoms in total. The largest absolute Gasteiger partial charge is 0.358 e. The van der Waals surface area contributed by atoms with Crippen molar-refractivity contribution in [2.75, 3.05) is 25.1 Å². The van der Waals surface area contributed by atoms with E-state index < -0.39 is 12.0 Å². The van der Waals surface area contributed by atoms with Gasteiger partial charge in [-0.1, -0.05) is 29.8 Å². The van der Waals surface area contributed by atoms with E-state index in [0.717, 1.165) is 0 Å². The first-order valence-corrected chi connectivity index (χ1v) is 9.21. The Hall–Kier alpha value is -2.94. The highest BCUT2D eigenvalue weighted by Crippen LogP contribution is 2.12. The summed E-state index contributed by atoms with van der Waals surface area (Å²) in [6.07, 6.45) is -1.05. The van der Waals surface area contributed by atoms with Gasteiger partial charge in [-0.2, -0.15) is 0 Å². The van der Waals surface area contributed by atoms with Crippen molar-refractivity contribution in [2.45, 2.75) is 12.5 Å². The summed E-state index contributed by atoms with van der Waals surface area (Å²) in [5, 5.41) is 12.1. The third-order valence-corrected chi connectivity index (χ3v) is 4.38. The van der Waals surface area contributed by atoms with Crippen molar-refractivity contribution in [3.8, 4) is 0 Å². The molecule has 0 radical (unpaired) electrons. The average molecular weight is 420 g/mol. The number of likely N-dealkylation sites (N-methyl/N-ethyl adjacent to an activating group) is 1. The highest BCUT2D eigenvalue weighted by Gasteiger charge is 2.21. The molecule has 0 aliphatic heterocycles. The van der Waals surface area contributed by atoms with Crippen LogP contribution in [-0.4, -0.2) is 49.2 Å². The van der Waals surface area contributed by atoms with Crippen LogP contribution in [0.2, 0.25) is 5.02 Å². The number of carbonyl (C=O) groups excluding carboxylic acids is 3. The number of nitrogens with one attached hydrogen (secondary N) is 2. The summed E-state index contributed by atoms with van der Waals surface area (Å²) in [5.41, 5.74) is 2.60. The van der Waals surface area contributed by atoms with Crippen molar-refractivity contribution in [1.82, 2.24) is 10.8 Å². The number of para-hydroxylation sites is 1. The van der Waals surface area contributed by atoms with E-state index in [-0.39, 0.29) is 31.4 Å². The van der Waals surface area contributed by atoms with Crippen molar-refractivity contribution in [3.05, 3.63) is 65.2 Å². The van der Waals surface area contributed by atoms with Gasteiger partial charge in [-0.15, -0.1) is 0 Å². The smallest absolute Gasteiger partial charge is 0.272 e. The number of rotatable bonds is 9. The van der Waals surface area contributed by atoms with Gasteiger partial charge >= 0.3 is 0 Å². The Morgan fingerprint density at radius 1 is 1.10 bits per heavy atom. The lowest BCUT2D eigenvalue weighted by molar-refractivity contribution is -0.144. The number of amides is 3. The number of nitrogens with zero attached hydrogens (tertiary/aromatic N) is 1. The van der Waals surface area contributed by atoms with E-state index in [1.807, 2.05) is 6.07 Å². The number of halogens is 1. The maximum atomic E-state index is 12.3. The molecule has 1 atom stereocenters. The molecule has 3 amide bonds. The minimum Gasteiger partial charge on any atom is -0.358 e. The van der Waals surface area contributed by atoms with Gasteiger partial charge in [0, 0.05) is 36.3 Å². The SMILES string of the molecule is CN(C(=O)COC(CCNC(=O)c1ccc(Cl)cc1)C(=O)NO)c1ccccc1. The van der Waals surface area contributed by atoms with Crippen LogP contribution >= 0.6 is 11.6 Å². The fourth-order valence-electron chi connectivity index (χ4n) is 2.45. The molecule has 9 heteroatoms. The average Bonchev–Trinajstić information content (AvgIpc) is 2.75. The van der Waals surface area contributed by atoms with Gasteiger partial charge in [-0.05, 0) is 36.4 Å². The van der Waals surface area contributed by atoms with Crippen molar-refractivity contribution in [1.29, 1.82) is 0 Å². The van der Waals surface area contributed by atoms with E-state index in [1.165, 1.54) is 10.4 Å². The summed E-state index contributed by atoms with van der Waals surface area (Å²) < 4.78 is 5.37. The zero-order valence-corrected chi connectivity index (χ0v) is 16.6. The summed E-state index contributed by atoms with van der Waals surface area (Å²) in [4.78, 5) is 37.6. The van der Waals surface area contributed by atoms with Crippen LogP contribution in [0, 0.1) is 0 Å². The number of benzene rings is 2. The predicted octanol–water partition coefficient (Wildman–Crippen LogP) is 2.01. The first-order chi connectivity index (χ1) is 13.9. The molecule has 2 rings (SSSR count). The highest BCUT2D eigenvalue weighted by molar-refractivity contribution is 6.30. The van der Waals surface area contributed by atoms with Crippen LogP contribution in [0.25, 0.3) is 0 Å².